The van der Waals surface area contributed by atoms with Crippen LogP contribution in [0.5, 0.6) is 0 Å². The number of nitrogens with zero attached hydrogens (tertiary/aromatic N) is 1. The Labute approximate surface area is 83.0 Å². The van der Waals surface area contributed by atoms with Crippen molar-refractivity contribution in [1.29, 1.82) is 0 Å². The van der Waals surface area contributed by atoms with Crippen LogP contribution in [0.25, 0.3) is 0 Å². The van der Waals surface area contributed by atoms with Gasteiger partial charge in [-0.25, -0.2) is 0 Å². The van der Waals surface area contributed by atoms with Crippen LogP contribution in [0, 0.1) is 0 Å². The molecule has 0 spiro atoms. The number of fused-ring (bicyclic) bond motifs is 1. The quantitative estimate of drug-likeness (QED) is 0.600. The SMILES string of the molecule is CC=C[C@@H]1CC[C@H]2C(=O)NCC(=O)N12. The molecule has 2 atom stereocenters. The summed E-state index contributed by atoms with van der Waals surface area (Å²) in [4.78, 5) is 24.7. The first kappa shape index (κ1) is 9.24. The number of carbonyl (C=O) groups excluding carboxylic acids is 2. The van der Waals surface area contributed by atoms with Gasteiger partial charge in [0.15, 0.2) is 0 Å². The fraction of sp³-hybridized carbons (Fsp3) is 0.600. The molecule has 2 aliphatic heterocycles. The molecule has 0 bridgehead atoms. The zero-order chi connectivity index (χ0) is 10.1. The molecule has 1 N–H and O–H groups in total. The summed E-state index contributed by atoms with van der Waals surface area (Å²) < 4.78 is 0. The molecule has 0 saturated carbocycles. The van der Waals surface area contributed by atoms with Crippen molar-refractivity contribution in [1.82, 2.24) is 10.2 Å². The smallest absolute Gasteiger partial charge is 0.243 e. The van der Waals surface area contributed by atoms with Crippen LogP contribution in [0.3, 0.4) is 0 Å². The fourth-order valence-electron chi connectivity index (χ4n) is 2.24. The summed E-state index contributed by atoms with van der Waals surface area (Å²) in [6.45, 7) is 2.09. The molecule has 4 heteroatoms. The Morgan fingerprint density at radius 1 is 1.43 bits per heavy atom. The van der Waals surface area contributed by atoms with Crippen LogP contribution in [0.1, 0.15) is 19.8 Å². The number of rotatable bonds is 1. The van der Waals surface area contributed by atoms with Crippen molar-refractivity contribution in [3.8, 4) is 0 Å². The lowest BCUT2D eigenvalue weighted by molar-refractivity contribution is -0.144. The lowest BCUT2D eigenvalue weighted by Gasteiger charge is -2.32. The number of hydrogen-bond donors (Lipinski definition) is 1. The van der Waals surface area contributed by atoms with Crippen LogP contribution in [-0.4, -0.2) is 35.3 Å². The van der Waals surface area contributed by atoms with Gasteiger partial charge in [0.2, 0.25) is 11.8 Å². The third kappa shape index (κ3) is 1.31. The Kier molecular flexibility index (Phi) is 2.27. The van der Waals surface area contributed by atoms with Gasteiger partial charge in [0.1, 0.15) is 6.04 Å². The van der Waals surface area contributed by atoms with Gasteiger partial charge in [-0.1, -0.05) is 12.2 Å². The van der Waals surface area contributed by atoms with Crippen molar-refractivity contribution in [2.45, 2.75) is 31.8 Å². The van der Waals surface area contributed by atoms with Gasteiger partial charge in [-0.15, -0.1) is 0 Å². The molecule has 0 aromatic rings. The second kappa shape index (κ2) is 3.44. The van der Waals surface area contributed by atoms with Gasteiger partial charge in [0.25, 0.3) is 0 Å². The van der Waals surface area contributed by atoms with E-state index in [1.807, 2.05) is 19.1 Å². The van der Waals surface area contributed by atoms with E-state index >= 15 is 0 Å². The van der Waals surface area contributed by atoms with E-state index < -0.39 is 0 Å². The predicted molar refractivity (Wildman–Crippen MR) is 51.5 cm³/mol. The van der Waals surface area contributed by atoms with Crippen LogP contribution in [0.2, 0.25) is 0 Å². The van der Waals surface area contributed by atoms with Gasteiger partial charge < -0.3 is 10.2 Å². The van der Waals surface area contributed by atoms with Gasteiger partial charge in [0, 0.05) is 0 Å². The first-order valence-electron chi connectivity index (χ1n) is 4.95. The van der Waals surface area contributed by atoms with Crippen molar-refractivity contribution >= 4 is 11.8 Å². The van der Waals surface area contributed by atoms with Crippen LogP contribution in [0.4, 0.5) is 0 Å². The van der Waals surface area contributed by atoms with Crippen molar-refractivity contribution < 1.29 is 9.59 Å². The molecule has 0 radical (unpaired) electrons. The third-order valence-corrected chi connectivity index (χ3v) is 2.85. The van der Waals surface area contributed by atoms with E-state index in [4.69, 9.17) is 0 Å². The van der Waals surface area contributed by atoms with Gasteiger partial charge in [-0.3, -0.25) is 9.59 Å². The van der Waals surface area contributed by atoms with Crippen LogP contribution >= 0.6 is 0 Å². The van der Waals surface area contributed by atoms with Crippen LogP contribution in [-0.2, 0) is 9.59 Å². The predicted octanol–water partition coefficient (Wildman–Crippen LogP) is 0.0519. The molecule has 2 saturated heterocycles. The first-order valence-corrected chi connectivity index (χ1v) is 4.95. The maximum absolute atomic E-state index is 11.6. The molecular formula is C10H14N2O2. The molecule has 0 aromatic heterocycles. The van der Waals surface area contributed by atoms with Crippen LogP contribution < -0.4 is 5.32 Å². The number of piperazine rings is 1. The van der Waals surface area contributed by atoms with Crippen LogP contribution in [0.15, 0.2) is 12.2 Å². The molecular weight excluding hydrogens is 180 g/mol. The molecule has 0 aromatic carbocycles. The zero-order valence-corrected chi connectivity index (χ0v) is 8.19. The fourth-order valence-corrected chi connectivity index (χ4v) is 2.24. The van der Waals surface area contributed by atoms with Crippen molar-refractivity contribution in [2.75, 3.05) is 6.54 Å². The summed E-state index contributed by atoms with van der Waals surface area (Å²) in [6, 6.07) is -0.0963. The Morgan fingerprint density at radius 3 is 2.93 bits per heavy atom. The minimum absolute atomic E-state index is 0.00315. The first-order chi connectivity index (χ1) is 6.74. The summed E-state index contributed by atoms with van der Waals surface area (Å²) in [5.74, 6) is 0.0341. The highest BCUT2D eigenvalue weighted by molar-refractivity contribution is 5.95. The number of allylic oxidation sites excluding steroid dienone is 1. The van der Waals surface area contributed by atoms with E-state index in [2.05, 4.69) is 5.32 Å². The van der Waals surface area contributed by atoms with E-state index in [0.29, 0.717) is 0 Å². The van der Waals surface area contributed by atoms with Gasteiger partial charge in [-0.05, 0) is 19.8 Å². The summed E-state index contributed by atoms with van der Waals surface area (Å²) >= 11 is 0. The van der Waals surface area contributed by atoms with E-state index in [1.54, 1.807) is 4.90 Å². The minimum atomic E-state index is -0.225. The summed E-state index contributed by atoms with van der Waals surface area (Å²) in [6.07, 6.45) is 5.62. The summed E-state index contributed by atoms with van der Waals surface area (Å²) in [5, 5.41) is 2.61. The van der Waals surface area contributed by atoms with Crippen molar-refractivity contribution in [3.05, 3.63) is 12.2 Å². The molecule has 14 heavy (non-hydrogen) atoms. The number of nitrogens with one attached hydrogen (secondary N) is 1. The van der Waals surface area contributed by atoms with E-state index in [-0.39, 0.29) is 30.4 Å². The normalized spacial score (nSPS) is 32.2. The topological polar surface area (TPSA) is 49.4 Å². The second-order valence-corrected chi connectivity index (χ2v) is 3.71. The summed E-state index contributed by atoms with van der Waals surface area (Å²) in [7, 11) is 0. The summed E-state index contributed by atoms with van der Waals surface area (Å²) in [5.41, 5.74) is 0. The van der Waals surface area contributed by atoms with Crippen molar-refractivity contribution in [3.63, 3.8) is 0 Å². The largest absolute Gasteiger partial charge is 0.345 e. The van der Waals surface area contributed by atoms with E-state index in [1.165, 1.54) is 0 Å². The highest BCUT2D eigenvalue weighted by Crippen LogP contribution is 2.26. The molecule has 2 rings (SSSR count). The average molecular weight is 194 g/mol. The highest BCUT2D eigenvalue weighted by Gasteiger charge is 2.42. The van der Waals surface area contributed by atoms with Gasteiger partial charge in [-0.2, -0.15) is 0 Å². The number of amides is 2. The Balaban J connectivity index is 2.21. The average Bonchev–Trinajstić information content (AvgIpc) is 2.58. The van der Waals surface area contributed by atoms with Gasteiger partial charge in [0.05, 0.1) is 12.6 Å². The standard InChI is InChI=1S/C10H14N2O2/c1-2-3-7-4-5-8-10(14)11-6-9(13)12(7)8/h2-3,7-8H,4-6H2,1H3,(H,11,14)/t7-,8+/m1/s1. The number of hydrogen-bond acceptors (Lipinski definition) is 2. The van der Waals surface area contributed by atoms with E-state index in [0.717, 1.165) is 12.8 Å². The van der Waals surface area contributed by atoms with E-state index in [9.17, 15) is 9.59 Å². The second-order valence-electron chi connectivity index (χ2n) is 3.71. The molecule has 2 fully saturated rings. The Morgan fingerprint density at radius 2 is 2.21 bits per heavy atom. The minimum Gasteiger partial charge on any atom is -0.345 e. The Hall–Kier alpha value is -1.32. The third-order valence-electron chi connectivity index (χ3n) is 2.85. The lowest BCUT2D eigenvalue weighted by atomic mass is 10.2. The zero-order valence-electron chi connectivity index (χ0n) is 8.19. The maximum atomic E-state index is 11.6. The molecule has 0 unspecified atom stereocenters. The molecule has 0 aliphatic carbocycles. The highest BCUT2D eigenvalue weighted by atomic mass is 16.2. The Bertz CT molecular complexity index is 298. The lowest BCUT2D eigenvalue weighted by Crippen LogP contribution is -2.57. The molecule has 76 valence electrons. The monoisotopic (exact) mass is 194 g/mol. The van der Waals surface area contributed by atoms with Gasteiger partial charge >= 0.3 is 0 Å². The molecule has 2 aliphatic rings. The molecule has 2 amide bonds. The maximum Gasteiger partial charge on any atom is 0.243 e. The molecule has 2 heterocycles. The van der Waals surface area contributed by atoms with Crippen molar-refractivity contribution in [2.24, 2.45) is 0 Å². The molecule has 4 nitrogen and oxygen atoms in total. The number of carbonyl (C=O) groups is 2.